The molecule has 3 N–H and O–H groups in total. The van der Waals surface area contributed by atoms with Gasteiger partial charge in [0.25, 0.3) is 0 Å². The Morgan fingerprint density at radius 2 is 2.07 bits per heavy atom. The molecule has 0 radical (unpaired) electrons. The Bertz CT molecular complexity index is 328. The third-order valence-electron chi connectivity index (χ3n) is 2.35. The normalized spacial score (nSPS) is 36.9. The summed E-state index contributed by atoms with van der Waals surface area (Å²) in [5.41, 5.74) is 0.328. The predicted octanol–water partition coefficient (Wildman–Crippen LogP) is -1.81. The minimum absolute atomic E-state index is 0.328. The molecular weight excluding hydrogens is 190 g/mol. The van der Waals surface area contributed by atoms with E-state index in [1.54, 1.807) is 0 Å². The SMILES string of the molecule is CO[C@H]1[C@H](O)[C@@H](O)[C@@H](O)c2cnnn21. The third kappa shape index (κ3) is 1.14. The first-order chi connectivity index (χ1) is 6.66. The van der Waals surface area contributed by atoms with E-state index >= 15 is 0 Å². The molecule has 0 aromatic carbocycles. The van der Waals surface area contributed by atoms with E-state index in [4.69, 9.17) is 4.74 Å². The standard InChI is InChI=1S/C7H11N3O4/c1-14-7-6(13)5(12)4(11)3-2-8-9-10(3)7/h2,4-7,11-13H,1H3/t4-,5-,6+,7-/m0/s1. The molecule has 0 unspecified atom stereocenters. The second-order valence-electron chi connectivity index (χ2n) is 3.16. The summed E-state index contributed by atoms with van der Waals surface area (Å²) in [7, 11) is 1.38. The van der Waals surface area contributed by atoms with Gasteiger partial charge >= 0.3 is 0 Å². The van der Waals surface area contributed by atoms with Crippen LogP contribution in [0.2, 0.25) is 0 Å². The average molecular weight is 201 g/mol. The summed E-state index contributed by atoms with van der Waals surface area (Å²) in [6, 6.07) is 0. The molecule has 0 aliphatic carbocycles. The number of hydrogen-bond donors (Lipinski definition) is 3. The van der Waals surface area contributed by atoms with Gasteiger partial charge in [0.15, 0.2) is 6.23 Å². The summed E-state index contributed by atoms with van der Waals surface area (Å²) in [5, 5.41) is 35.8. The van der Waals surface area contributed by atoms with Gasteiger partial charge < -0.3 is 20.1 Å². The van der Waals surface area contributed by atoms with Crippen LogP contribution in [-0.2, 0) is 4.74 Å². The molecule has 1 aromatic heterocycles. The lowest BCUT2D eigenvalue weighted by Gasteiger charge is -2.34. The molecule has 7 nitrogen and oxygen atoms in total. The monoisotopic (exact) mass is 201 g/mol. The first-order valence-electron chi connectivity index (χ1n) is 4.14. The maximum Gasteiger partial charge on any atom is 0.180 e. The van der Waals surface area contributed by atoms with Gasteiger partial charge in [-0.1, -0.05) is 5.21 Å². The number of methoxy groups -OCH3 is 1. The van der Waals surface area contributed by atoms with E-state index in [-0.39, 0.29) is 0 Å². The topological polar surface area (TPSA) is 101 Å². The second kappa shape index (κ2) is 3.28. The average Bonchev–Trinajstić information content (AvgIpc) is 2.64. The molecule has 0 saturated heterocycles. The summed E-state index contributed by atoms with van der Waals surface area (Å²) in [5.74, 6) is 0. The number of aliphatic hydroxyl groups excluding tert-OH is 3. The maximum absolute atomic E-state index is 9.55. The smallest absolute Gasteiger partial charge is 0.180 e. The Hall–Kier alpha value is -1.02. The fourth-order valence-electron chi connectivity index (χ4n) is 1.58. The minimum Gasteiger partial charge on any atom is -0.387 e. The molecule has 4 atom stereocenters. The minimum atomic E-state index is -1.29. The lowest BCUT2D eigenvalue weighted by Crippen LogP contribution is -2.45. The Morgan fingerprint density at radius 1 is 1.36 bits per heavy atom. The van der Waals surface area contributed by atoms with E-state index in [0.717, 1.165) is 0 Å². The van der Waals surface area contributed by atoms with Gasteiger partial charge in [0, 0.05) is 7.11 Å². The Kier molecular flexibility index (Phi) is 2.23. The molecule has 0 amide bonds. The second-order valence-corrected chi connectivity index (χ2v) is 3.16. The molecule has 2 rings (SSSR count). The van der Waals surface area contributed by atoms with Crippen molar-refractivity contribution < 1.29 is 20.1 Å². The van der Waals surface area contributed by atoms with Crippen LogP contribution in [-0.4, -0.2) is 49.6 Å². The summed E-state index contributed by atoms with van der Waals surface area (Å²) in [6.45, 7) is 0. The number of rotatable bonds is 1. The van der Waals surface area contributed by atoms with Crippen LogP contribution in [0.15, 0.2) is 6.20 Å². The van der Waals surface area contributed by atoms with Crippen molar-refractivity contribution in [2.24, 2.45) is 0 Å². The van der Waals surface area contributed by atoms with E-state index in [2.05, 4.69) is 10.3 Å². The van der Waals surface area contributed by atoms with E-state index in [1.165, 1.54) is 18.0 Å². The Labute approximate surface area is 79.5 Å². The molecule has 0 spiro atoms. The van der Waals surface area contributed by atoms with Crippen LogP contribution in [0.5, 0.6) is 0 Å². The fourth-order valence-corrected chi connectivity index (χ4v) is 1.58. The van der Waals surface area contributed by atoms with Crippen molar-refractivity contribution in [3.05, 3.63) is 11.9 Å². The number of ether oxygens (including phenoxy) is 1. The highest BCUT2D eigenvalue weighted by Gasteiger charge is 2.41. The van der Waals surface area contributed by atoms with Gasteiger partial charge in [-0.3, -0.25) is 0 Å². The van der Waals surface area contributed by atoms with Crippen molar-refractivity contribution in [1.82, 2.24) is 15.0 Å². The molecule has 1 aliphatic rings. The lowest BCUT2D eigenvalue weighted by molar-refractivity contribution is -0.166. The van der Waals surface area contributed by atoms with Crippen LogP contribution in [0.4, 0.5) is 0 Å². The number of aliphatic hydroxyl groups is 3. The Morgan fingerprint density at radius 3 is 2.71 bits per heavy atom. The van der Waals surface area contributed by atoms with Crippen LogP contribution < -0.4 is 0 Å². The van der Waals surface area contributed by atoms with Crippen LogP contribution in [0.1, 0.15) is 18.0 Å². The van der Waals surface area contributed by atoms with Gasteiger partial charge in [-0.05, 0) is 0 Å². The molecule has 14 heavy (non-hydrogen) atoms. The largest absolute Gasteiger partial charge is 0.387 e. The quantitative estimate of drug-likeness (QED) is 0.495. The van der Waals surface area contributed by atoms with Gasteiger partial charge in [-0.2, -0.15) is 0 Å². The van der Waals surface area contributed by atoms with Crippen molar-refractivity contribution in [2.45, 2.75) is 24.5 Å². The predicted molar refractivity (Wildman–Crippen MR) is 43.0 cm³/mol. The molecule has 2 heterocycles. The lowest BCUT2D eigenvalue weighted by atomic mass is 10.0. The highest BCUT2D eigenvalue weighted by molar-refractivity contribution is 5.08. The first-order valence-corrected chi connectivity index (χ1v) is 4.14. The number of nitrogens with zero attached hydrogens (tertiary/aromatic N) is 3. The van der Waals surface area contributed by atoms with Crippen LogP contribution in [0.25, 0.3) is 0 Å². The highest BCUT2D eigenvalue weighted by atomic mass is 16.5. The van der Waals surface area contributed by atoms with Gasteiger partial charge in [0.05, 0.1) is 11.9 Å². The van der Waals surface area contributed by atoms with E-state index < -0.39 is 24.5 Å². The molecule has 0 fully saturated rings. The zero-order valence-electron chi connectivity index (χ0n) is 7.48. The van der Waals surface area contributed by atoms with E-state index in [9.17, 15) is 15.3 Å². The van der Waals surface area contributed by atoms with Crippen molar-refractivity contribution >= 4 is 0 Å². The zero-order valence-corrected chi connectivity index (χ0v) is 7.48. The summed E-state index contributed by atoms with van der Waals surface area (Å²) >= 11 is 0. The van der Waals surface area contributed by atoms with Crippen molar-refractivity contribution in [3.63, 3.8) is 0 Å². The van der Waals surface area contributed by atoms with Gasteiger partial charge in [-0.25, -0.2) is 4.68 Å². The third-order valence-corrected chi connectivity index (χ3v) is 2.35. The van der Waals surface area contributed by atoms with Crippen LogP contribution >= 0.6 is 0 Å². The van der Waals surface area contributed by atoms with Crippen molar-refractivity contribution in [2.75, 3.05) is 7.11 Å². The number of hydrogen-bond acceptors (Lipinski definition) is 6. The summed E-state index contributed by atoms with van der Waals surface area (Å²) in [6.07, 6.45) is -3.18. The maximum atomic E-state index is 9.55. The fraction of sp³-hybridized carbons (Fsp3) is 0.714. The first kappa shape index (κ1) is 9.53. The van der Waals surface area contributed by atoms with Crippen LogP contribution in [0, 0.1) is 0 Å². The van der Waals surface area contributed by atoms with Gasteiger partial charge in [-0.15, -0.1) is 5.10 Å². The van der Waals surface area contributed by atoms with Gasteiger partial charge in [0.1, 0.15) is 18.3 Å². The summed E-state index contributed by atoms with van der Waals surface area (Å²) in [4.78, 5) is 0. The van der Waals surface area contributed by atoms with Crippen molar-refractivity contribution in [1.29, 1.82) is 0 Å². The molecule has 1 aliphatic heterocycles. The number of aromatic nitrogens is 3. The molecule has 7 heteroatoms. The summed E-state index contributed by atoms with van der Waals surface area (Å²) < 4.78 is 6.20. The highest BCUT2D eigenvalue weighted by Crippen LogP contribution is 2.31. The van der Waals surface area contributed by atoms with Crippen molar-refractivity contribution in [3.8, 4) is 0 Å². The Balaban J connectivity index is 2.44. The van der Waals surface area contributed by atoms with E-state index in [1.807, 2.05) is 0 Å². The van der Waals surface area contributed by atoms with Crippen LogP contribution in [0.3, 0.4) is 0 Å². The molecule has 78 valence electrons. The number of fused-ring (bicyclic) bond motifs is 1. The van der Waals surface area contributed by atoms with Gasteiger partial charge in [0.2, 0.25) is 0 Å². The molecular formula is C7H11N3O4. The van der Waals surface area contributed by atoms with E-state index in [0.29, 0.717) is 5.69 Å². The molecule has 0 saturated carbocycles. The molecule has 1 aromatic rings. The zero-order chi connectivity index (χ0) is 10.3. The molecule has 0 bridgehead atoms.